The Morgan fingerprint density at radius 2 is 1.89 bits per heavy atom. The summed E-state index contributed by atoms with van der Waals surface area (Å²) in [5.41, 5.74) is 0.949. The van der Waals surface area contributed by atoms with Gasteiger partial charge >= 0.3 is 6.18 Å². The second-order valence-electron chi connectivity index (χ2n) is 4.13. The van der Waals surface area contributed by atoms with E-state index in [2.05, 4.69) is 5.32 Å². The van der Waals surface area contributed by atoms with E-state index in [4.69, 9.17) is 5.26 Å². The maximum Gasteiger partial charge on any atom is 0.389 e. The molecular weight excluding hydrogens is 241 g/mol. The second-order valence-corrected chi connectivity index (χ2v) is 4.13. The monoisotopic (exact) mass is 256 g/mol. The number of hydrogen-bond acceptors (Lipinski definition) is 2. The lowest BCUT2D eigenvalue weighted by Crippen LogP contribution is -2.31. The number of benzene rings is 1. The number of rotatable bonds is 5. The minimum Gasteiger partial charge on any atom is -0.295 e. The smallest absolute Gasteiger partial charge is 0.295 e. The fraction of sp³-hybridized carbons (Fsp3) is 0.462. The molecule has 0 amide bonds. The van der Waals surface area contributed by atoms with Gasteiger partial charge in [0.25, 0.3) is 0 Å². The third kappa shape index (κ3) is 5.19. The normalized spacial score (nSPS) is 14.8. The minimum absolute atomic E-state index is 0.149. The van der Waals surface area contributed by atoms with E-state index in [1.807, 2.05) is 43.3 Å². The lowest BCUT2D eigenvalue weighted by atomic mass is 10.1. The van der Waals surface area contributed by atoms with Gasteiger partial charge in [-0.25, -0.2) is 0 Å². The van der Waals surface area contributed by atoms with E-state index in [-0.39, 0.29) is 12.5 Å². The van der Waals surface area contributed by atoms with E-state index in [0.29, 0.717) is 0 Å². The third-order valence-corrected chi connectivity index (χ3v) is 2.62. The van der Waals surface area contributed by atoms with Gasteiger partial charge in [-0.3, -0.25) is 5.32 Å². The lowest BCUT2D eigenvalue weighted by molar-refractivity contribution is -0.136. The number of alkyl halides is 3. The van der Waals surface area contributed by atoms with Gasteiger partial charge in [-0.1, -0.05) is 30.3 Å². The summed E-state index contributed by atoms with van der Waals surface area (Å²) >= 11 is 0. The van der Waals surface area contributed by atoms with Crippen LogP contribution in [-0.4, -0.2) is 12.2 Å². The first-order chi connectivity index (χ1) is 8.42. The highest BCUT2D eigenvalue weighted by Crippen LogP contribution is 2.23. The first-order valence-corrected chi connectivity index (χ1v) is 5.70. The first kappa shape index (κ1) is 14.5. The molecule has 0 saturated heterocycles. The van der Waals surface area contributed by atoms with Crippen LogP contribution in [0.1, 0.15) is 31.4 Å². The molecular formula is C13H15F3N2. The summed E-state index contributed by atoms with van der Waals surface area (Å²) in [5.74, 6) is 0. The highest BCUT2D eigenvalue weighted by Gasteiger charge is 2.28. The Hall–Kier alpha value is -1.54. The zero-order valence-electron chi connectivity index (χ0n) is 10.0. The molecule has 2 nitrogen and oxygen atoms in total. The predicted molar refractivity (Wildman–Crippen MR) is 62.7 cm³/mol. The maximum absolute atomic E-state index is 12.1. The van der Waals surface area contributed by atoms with Crippen molar-refractivity contribution >= 4 is 0 Å². The molecule has 1 rings (SSSR count). The quantitative estimate of drug-likeness (QED) is 0.874. The molecule has 0 bridgehead atoms. The van der Waals surface area contributed by atoms with Crippen LogP contribution in [0, 0.1) is 11.3 Å². The number of nitriles is 1. The van der Waals surface area contributed by atoms with Crippen LogP contribution in [0.3, 0.4) is 0 Å². The second kappa shape index (κ2) is 6.41. The summed E-state index contributed by atoms with van der Waals surface area (Å²) in [4.78, 5) is 0. The van der Waals surface area contributed by atoms with Gasteiger partial charge in [-0.15, -0.1) is 0 Å². The molecule has 0 aliphatic carbocycles. The molecule has 1 aromatic carbocycles. The Labute approximate surface area is 104 Å². The van der Waals surface area contributed by atoms with Crippen molar-refractivity contribution in [2.75, 3.05) is 0 Å². The fourth-order valence-corrected chi connectivity index (χ4v) is 1.63. The van der Waals surface area contributed by atoms with Crippen LogP contribution in [0.15, 0.2) is 30.3 Å². The molecule has 1 aromatic rings. The summed E-state index contributed by atoms with van der Waals surface area (Å²) in [6.07, 6.45) is -5.39. The van der Waals surface area contributed by atoms with Crippen LogP contribution in [0.2, 0.25) is 0 Å². The van der Waals surface area contributed by atoms with Crippen LogP contribution in [0.5, 0.6) is 0 Å². The van der Waals surface area contributed by atoms with Crippen molar-refractivity contribution in [1.29, 1.82) is 5.26 Å². The molecule has 5 heteroatoms. The summed E-state index contributed by atoms with van der Waals surface area (Å²) in [7, 11) is 0. The van der Waals surface area contributed by atoms with Crippen molar-refractivity contribution in [2.45, 2.75) is 38.0 Å². The van der Waals surface area contributed by atoms with Crippen molar-refractivity contribution in [1.82, 2.24) is 5.32 Å². The van der Waals surface area contributed by atoms with Gasteiger partial charge in [0, 0.05) is 12.5 Å². The number of nitrogens with zero attached hydrogens (tertiary/aromatic N) is 1. The first-order valence-electron chi connectivity index (χ1n) is 5.70. The molecule has 0 aromatic heterocycles. The van der Waals surface area contributed by atoms with Gasteiger partial charge in [-0.2, -0.15) is 18.4 Å². The molecule has 18 heavy (non-hydrogen) atoms. The van der Waals surface area contributed by atoms with Gasteiger partial charge in [0.15, 0.2) is 0 Å². The molecule has 0 spiro atoms. The van der Waals surface area contributed by atoms with Crippen LogP contribution in [-0.2, 0) is 0 Å². The van der Waals surface area contributed by atoms with Crippen molar-refractivity contribution < 1.29 is 13.2 Å². The largest absolute Gasteiger partial charge is 0.389 e. The minimum atomic E-state index is -4.22. The Balaban J connectivity index is 2.51. The molecule has 0 heterocycles. The number of nitrogens with one attached hydrogen (secondary N) is 1. The zero-order chi connectivity index (χ0) is 13.6. The number of halogens is 3. The predicted octanol–water partition coefficient (Wildman–Crippen LogP) is 3.57. The maximum atomic E-state index is 12.1. The van der Waals surface area contributed by atoms with E-state index < -0.39 is 18.6 Å². The summed E-state index contributed by atoms with van der Waals surface area (Å²) in [6.45, 7) is 1.83. The molecule has 98 valence electrons. The van der Waals surface area contributed by atoms with E-state index in [1.165, 1.54) is 0 Å². The SMILES string of the molecule is C[C@@H](N[C@H](C#N)CCC(F)(F)F)c1ccccc1. The molecule has 0 unspecified atom stereocenters. The molecule has 0 fully saturated rings. The van der Waals surface area contributed by atoms with E-state index in [0.717, 1.165) is 5.56 Å². The molecule has 0 aliphatic heterocycles. The molecule has 1 N–H and O–H groups in total. The fourth-order valence-electron chi connectivity index (χ4n) is 1.63. The van der Waals surface area contributed by atoms with E-state index in [1.54, 1.807) is 0 Å². The van der Waals surface area contributed by atoms with Crippen LogP contribution in [0.4, 0.5) is 13.2 Å². The Bertz CT molecular complexity index is 395. The highest BCUT2D eigenvalue weighted by atomic mass is 19.4. The molecule has 0 aliphatic rings. The van der Waals surface area contributed by atoms with Crippen molar-refractivity contribution in [2.24, 2.45) is 0 Å². The van der Waals surface area contributed by atoms with Crippen LogP contribution >= 0.6 is 0 Å². The highest BCUT2D eigenvalue weighted by molar-refractivity contribution is 5.18. The van der Waals surface area contributed by atoms with Crippen molar-refractivity contribution in [3.05, 3.63) is 35.9 Å². The molecule has 2 atom stereocenters. The van der Waals surface area contributed by atoms with Crippen molar-refractivity contribution in [3.63, 3.8) is 0 Å². The van der Waals surface area contributed by atoms with E-state index >= 15 is 0 Å². The summed E-state index contributed by atoms with van der Waals surface area (Å²) in [5, 5.41) is 11.7. The Morgan fingerprint density at radius 1 is 1.28 bits per heavy atom. The topological polar surface area (TPSA) is 35.8 Å². The van der Waals surface area contributed by atoms with Gasteiger partial charge in [-0.05, 0) is 18.9 Å². The average molecular weight is 256 g/mol. The lowest BCUT2D eigenvalue weighted by Gasteiger charge is -2.19. The van der Waals surface area contributed by atoms with Gasteiger partial charge < -0.3 is 0 Å². The summed E-state index contributed by atoms with van der Waals surface area (Å²) in [6, 6.07) is 10.2. The van der Waals surface area contributed by atoms with Crippen LogP contribution in [0.25, 0.3) is 0 Å². The Kier molecular flexibility index (Phi) is 5.17. The Morgan fingerprint density at radius 3 is 2.39 bits per heavy atom. The van der Waals surface area contributed by atoms with Crippen molar-refractivity contribution in [3.8, 4) is 6.07 Å². The van der Waals surface area contributed by atoms with Crippen LogP contribution < -0.4 is 5.32 Å². The van der Waals surface area contributed by atoms with E-state index in [9.17, 15) is 13.2 Å². The average Bonchev–Trinajstić information content (AvgIpc) is 2.34. The third-order valence-electron chi connectivity index (χ3n) is 2.62. The summed E-state index contributed by atoms with van der Waals surface area (Å²) < 4.78 is 36.2. The van der Waals surface area contributed by atoms with Gasteiger partial charge in [0.05, 0.1) is 12.1 Å². The van der Waals surface area contributed by atoms with Gasteiger partial charge in [0.2, 0.25) is 0 Å². The molecule has 0 saturated carbocycles. The van der Waals surface area contributed by atoms with Gasteiger partial charge in [0.1, 0.15) is 0 Å². The number of hydrogen-bond donors (Lipinski definition) is 1. The molecule has 0 radical (unpaired) electrons. The standard InChI is InChI=1S/C13H15F3N2/c1-10(11-5-3-2-4-6-11)18-12(9-17)7-8-13(14,15)16/h2-6,10,12,18H,7-8H2,1H3/t10-,12+/m1/s1. The zero-order valence-corrected chi connectivity index (χ0v) is 10.0.